The maximum absolute atomic E-state index is 13.6. The molecule has 0 radical (unpaired) electrons. The van der Waals surface area contributed by atoms with E-state index in [9.17, 15) is 14.4 Å². The number of nitrogens with zero attached hydrogens (tertiary/aromatic N) is 1. The lowest BCUT2D eigenvalue weighted by Gasteiger charge is -2.53. The molecule has 4 rings (SSSR count). The van der Waals surface area contributed by atoms with Crippen LogP contribution >= 0.6 is 0 Å². The first kappa shape index (κ1) is 29.6. The molecule has 1 aliphatic rings. The number of hydrogen-bond acceptors (Lipinski definition) is 5. The number of carbonyl (C=O) groups excluding carboxylic acids is 3. The Morgan fingerprint density at radius 3 is 2.15 bits per heavy atom. The predicted octanol–water partition coefficient (Wildman–Crippen LogP) is 6.53. The molecule has 1 N–H and O–H groups in total. The van der Waals surface area contributed by atoms with Gasteiger partial charge < -0.3 is 14.8 Å². The summed E-state index contributed by atoms with van der Waals surface area (Å²) in [6, 6.07) is 25.7. The molecule has 0 spiro atoms. The van der Waals surface area contributed by atoms with Crippen molar-refractivity contribution in [3.63, 3.8) is 0 Å². The molecule has 41 heavy (non-hydrogen) atoms. The number of esters is 1. The van der Waals surface area contributed by atoms with E-state index in [0.717, 1.165) is 16.7 Å². The Balaban J connectivity index is 1.45. The van der Waals surface area contributed by atoms with Crippen LogP contribution in [-0.2, 0) is 32.9 Å². The van der Waals surface area contributed by atoms with Gasteiger partial charge in [0, 0.05) is 0 Å². The fraction of sp³-hybridized carbons (Fsp3) is 0.324. The normalized spacial score (nSPS) is 17.1. The standard InChI is InChI=1S/C34H38N2O5/c1-5-22-33(4,27-16-12-9-13-17-27)35-32(39)36-30(38)34(6-2,7-3)31(36)41-28-20-18-25(19-21-28)23-29(37)40-24-26-14-10-8-11-15-26/h5,8-21,31H,1,6-7,22-24H2,2-4H3,(H,35,39)/t31-,33+/m0/s1. The molecular weight excluding hydrogens is 516 g/mol. The minimum absolute atomic E-state index is 0.124. The largest absolute Gasteiger partial charge is 0.469 e. The summed E-state index contributed by atoms with van der Waals surface area (Å²) < 4.78 is 11.7. The van der Waals surface area contributed by atoms with Crippen molar-refractivity contribution in [3.8, 4) is 5.75 Å². The van der Waals surface area contributed by atoms with E-state index < -0.39 is 23.2 Å². The number of amides is 3. The van der Waals surface area contributed by atoms with Crippen molar-refractivity contribution in [1.82, 2.24) is 10.2 Å². The molecule has 7 nitrogen and oxygen atoms in total. The summed E-state index contributed by atoms with van der Waals surface area (Å²) in [5, 5.41) is 3.06. The lowest BCUT2D eigenvalue weighted by atomic mass is 9.72. The summed E-state index contributed by atoms with van der Waals surface area (Å²) in [6.45, 7) is 9.86. The lowest BCUT2D eigenvalue weighted by Crippen LogP contribution is -2.74. The van der Waals surface area contributed by atoms with E-state index in [0.29, 0.717) is 25.0 Å². The van der Waals surface area contributed by atoms with Gasteiger partial charge in [-0.25, -0.2) is 9.69 Å². The Hall–Kier alpha value is -4.39. The number of nitrogens with one attached hydrogen (secondary N) is 1. The van der Waals surface area contributed by atoms with Crippen molar-refractivity contribution in [2.24, 2.45) is 5.41 Å². The molecule has 1 aliphatic heterocycles. The molecule has 1 saturated heterocycles. The number of carbonyl (C=O) groups is 3. The first-order valence-electron chi connectivity index (χ1n) is 14.0. The van der Waals surface area contributed by atoms with Gasteiger partial charge in [-0.2, -0.15) is 0 Å². The van der Waals surface area contributed by atoms with Crippen LogP contribution in [0.1, 0.15) is 56.7 Å². The molecule has 0 saturated carbocycles. The van der Waals surface area contributed by atoms with Crippen LogP contribution in [0.4, 0.5) is 4.79 Å². The zero-order valence-corrected chi connectivity index (χ0v) is 24.0. The number of hydrogen-bond donors (Lipinski definition) is 1. The van der Waals surface area contributed by atoms with E-state index in [4.69, 9.17) is 9.47 Å². The van der Waals surface area contributed by atoms with Crippen LogP contribution in [0.3, 0.4) is 0 Å². The summed E-state index contributed by atoms with van der Waals surface area (Å²) in [6.07, 6.45) is 2.66. The molecule has 1 fully saturated rings. The van der Waals surface area contributed by atoms with Crippen LogP contribution < -0.4 is 10.1 Å². The topological polar surface area (TPSA) is 84.9 Å². The van der Waals surface area contributed by atoms with Gasteiger partial charge in [-0.3, -0.25) is 9.59 Å². The summed E-state index contributed by atoms with van der Waals surface area (Å²) >= 11 is 0. The highest BCUT2D eigenvalue weighted by atomic mass is 16.5. The third kappa shape index (κ3) is 6.35. The van der Waals surface area contributed by atoms with E-state index in [1.807, 2.05) is 81.4 Å². The Morgan fingerprint density at radius 1 is 0.951 bits per heavy atom. The van der Waals surface area contributed by atoms with E-state index >= 15 is 0 Å². The van der Waals surface area contributed by atoms with E-state index in [2.05, 4.69) is 11.9 Å². The fourth-order valence-corrected chi connectivity index (χ4v) is 5.30. The minimum atomic E-state index is -0.807. The predicted molar refractivity (Wildman–Crippen MR) is 158 cm³/mol. The van der Waals surface area contributed by atoms with Crippen molar-refractivity contribution in [1.29, 1.82) is 0 Å². The third-order valence-electron chi connectivity index (χ3n) is 7.94. The molecule has 0 bridgehead atoms. The Morgan fingerprint density at radius 2 is 1.56 bits per heavy atom. The van der Waals surface area contributed by atoms with Crippen LogP contribution in [0, 0.1) is 5.41 Å². The highest BCUT2D eigenvalue weighted by Gasteiger charge is 2.63. The summed E-state index contributed by atoms with van der Waals surface area (Å²) in [4.78, 5) is 40.5. The minimum Gasteiger partial charge on any atom is -0.469 e. The van der Waals surface area contributed by atoms with Crippen molar-refractivity contribution in [2.45, 2.75) is 64.8 Å². The number of urea groups is 1. The molecule has 3 aromatic rings. The smallest absolute Gasteiger partial charge is 0.327 e. The highest BCUT2D eigenvalue weighted by Crippen LogP contribution is 2.46. The van der Waals surface area contributed by atoms with Crippen LogP contribution in [0.15, 0.2) is 97.6 Å². The molecule has 0 unspecified atom stereocenters. The van der Waals surface area contributed by atoms with Gasteiger partial charge in [-0.05, 0) is 55.0 Å². The van der Waals surface area contributed by atoms with Gasteiger partial charge in [0.2, 0.25) is 5.91 Å². The number of β-lactam (4-membered cyclic amide) rings is 1. The molecule has 0 aliphatic carbocycles. The molecule has 0 aromatic heterocycles. The molecular formula is C34H38N2O5. The number of likely N-dealkylation sites (tertiary alicyclic amines) is 1. The first-order chi connectivity index (χ1) is 19.8. The second kappa shape index (κ2) is 12.9. The SMILES string of the molecule is C=CC[C@@](C)(NC(=O)N1C(=O)C(CC)(CC)[C@@H]1Oc1ccc(CC(=O)OCc2ccccc2)cc1)c1ccccc1. The van der Waals surface area contributed by atoms with E-state index in [-0.39, 0.29) is 24.9 Å². The maximum atomic E-state index is 13.6. The van der Waals surface area contributed by atoms with Gasteiger partial charge >= 0.3 is 12.0 Å². The second-order valence-corrected chi connectivity index (χ2v) is 10.6. The lowest BCUT2D eigenvalue weighted by molar-refractivity contribution is -0.191. The zero-order chi connectivity index (χ0) is 29.5. The van der Waals surface area contributed by atoms with Crippen molar-refractivity contribution >= 4 is 17.9 Å². The van der Waals surface area contributed by atoms with Crippen LogP contribution in [-0.4, -0.2) is 29.0 Å². The third-order valence-corrected chi connectivity index (χ3v) is 7.94. The maximum Gasteiger partial charge on any atom is 0.327 e. The quantitative estimate of drug-likeness (QED) is 0.156. The van der Waals surface area contributed by atoms with E-state index in [1.54, 1.807) is 30.3 Å². The van der Waals surface area contributed by atoms with Gasteiger partial charge in [0.25, 0.3) is 0 Å². The number of imide groups is 1. The number of benzene rings is 3. The fourth-order valence-electron chi connectivity index (χ4n) is 5.30. The van der Waals surface area contributed by atoms with Gasteiger partial charge in [-0.15, -0.1) is 6.58 Å². The average Bonchev–Trinajstić information content (AvgIpc) is 2.98. The Labute approximate surface area is 242 Å². The van der Waals surface area contributed by atoms with Crippen LogP contribution in [0.2, 0.25) is 0 Å². The monoisotopic (exact) mass is 554 g/mol. The van der Waals surface area contributed by atoms with Crippen LogP contribution in [0.5, 0.6) is 5.75 Å². The second-order valence-electron chi connectivity index (χ2n) is 10.6. The Kier molecular flexibility index (Phi) is 9.28. The van der Waals surface area contributed by atoms with Crippen molar-refractivity contribution in [3.05, 3.63) is 114 Å². The van der Waals surface area contributed by atoms with Gasteiger partial charge in [0.05, 0.1) is 12.0 Å². The molecule has 7 heteroatoms. The first-order valence-corrected chi connectivity index (χ1v) is 14.0. The molecule has 214 valence electrons. The molecule has 3 amide bonds. The highest BCUT2D eigenvalue weighted by molar-refractivity contribution is 6.03. The van der Waals surface area contributed by atoms with Gasteiger partial charge in [0.15, 0.2) is 6.23 Å². The van der Waals surface area contributed by atoms with Crippen molar-refractivity contribution < 1.29 is 23.9 Å². The molecule has 2 atom stereocenters. The summed E-state index contributed by atoms with van der Waals surface area (Å²) in [5.74, 6) is -0.0754. The van der Waals surface area contributed by atoms with Gasteiger partial charge in [-0.1, -0.05) is 92.7 Å². The van der Waals surface area contributed by atoms with Crippen molar-refractivity contribution in [2.75, 3.05) is 0 Å². The van der Waals surface area contributed by atoms with Gasteiger partial charge in [0.1, 0.15) is 17.8 Å². The Bertz CT molecular complexity index is 1350. The number of ether oxygens (including phenoxy) is 2. The number of rotatable bonds is 12. The summed E-state index contributed by atoms with van der Waals surface area (Å²) in [7, 11) is 0. The molecule has 3 aromatic carbocycles. The van der Waals surface area contributed by atoms with Crippen LogP contribution in [0.25, 0.3) is 0 Å². The van der Waals surface area contributed by atoms with E-state index in [1.165, 1.54) is 4.90 Å². The molecule has 1 heterocycles. The zero-order valence-electron chi connectivity index (χ0n) is 24.0. The average molecular weight is 555 g/mol. The summed E-state index contributed by atoms with van der Waals surface area (Å²) in [5.41, 5.74) is 1.05.